The summed E-state index contributed by atoms with van der Waals surface area (Å²) >= 11 is 1.67. The number of rotatable bonds is 8. The summed E-state index contributed by atoms with van der Waals surface area (Å²) in [5, 5.41) is 3.51. The number of thioether (sulfide) groups is 1. The van der Waals surface area contributed by atoms with Gasteiger partial charge in [-0.3, -0.25) is 4.79 Å². The van der Waals surface area contributed by atoms with Crippen LogP contribution in [-0.4, -0.2) is 41.1 Å². The average Bonchev–Trinajstić information content (AvgIpc) is 2.84. The Labute approximate surface area is 213 Å². The van der Waals surface area contributed by atoms with E-state index in [1.807, 2.05) is 76.2 Å². The average molecular weight is 494 g/mol. The number of nitrogens with one attached hydrogen (secondary N) is 1. The van der Waals surface area contributed by atoms with Crippen LogP contribution in [0.2, 0.25) is 0 Å². The zero-order chi connectivity index (χ0) is 25.7. The van der Waals surface area contributed by atoms with Gasteiger partial charge in [-0.1, -0.05) is 60.7 Å². The van der Waals surface area contributed by atoms with Gasteiger partial charge in [0, 0.05) is 18.8 Å². The van der Waals surface area contributed by atoms with Crippen molar-refractivity contribution in [1.29, 1.82) is 0 Å². The predicted molar refractivity (Wildman–Crippen MR) is 144 cm³/mol. The van der Waals surface area contributed by atoms with Crippen molar-refractivity contribution < 1.29 is 14.3 Å². The normalized spacial score (nSPS) is 11.5. The summed E-state index contributed by atoms with van der Waals surface area (Å²) < 4.78 is 5.35. The number of ether oxygens (including phenoxy) is 1. The standard InChI is InChI=1S/C15H23NO2.C13H12N2OS/c1-12(11-13-9-7-6-8-10-13)16(5)14(17)18-15(2,3)4;16-10-15-12-6-7-13(14-8-12)17-9-11-4-2-1-3-5-11/h6-10,12H,11H2,1-5H3;1-8,10H,9H2,(H,15,16). The van der Waals surface area contributed by atoms with E-state index in [-0.39, 0.29) is 12.1 Å². The quantitative estimate of drug-likeness (QED) is 0.289. The largest absolute Gasteiger partial charge is 0.444 e. The number of hydrogen-bond donors (Lipinski definition) is 1. The summed E-state index contributed by atoms with van der Waals surface area (Å²) in [5.41, 5.74) is 2.76. The molecule has 3 rings (SSSR count). The molecule has 1 unspecified atom stereocenters. The highest BCUT2D eigenvalue weighted by Gasteiger charge is 2.22. The highest BCUT2D eigenvalue weighted by molar-refractivity contribution is 7.98. The molecule has 0 spiro atoms. The Morgan fingerprint density at radius 3 is 2.14 bits per heavy atom. The van der Waals surface area contributed by atoms with Crippen molar-refractivity contribution >= 4 is 30.0 Å². The van der Waals surface area contributed by atoms with Gasteiger partial charge < -0.3 is 15.0 Å². The molecule has 7 heteroatoms. The van der Waals surface area contributed by atoms with Crippen LogP contribution in [0.15, 0.2) is 84.0 Å². The van der Waals surface area contributed by atoms with Crippen LogP contribution < -0.4 is 5.32 Å². The van der Waals surface area contributed by atoms with Gasteiger partial charge in [-0.25, -0.2) is 9.78 Å². The van der Waals surface area contributed by atoms with Gasteiger partial charge in [-0.15, -0.1) is 11.8 Å². The van der Waals surface area contributed by atoms with Gasteiger partial charge in [0.25, 0.3) is 0 Å². The van der Waals surface area contributed by atoms with Crippen LogP contribution in [0.3, 0.4) is 0 Å². The first-order chi connectivity index (χ1) is 16.7. The summed E-state index contributed by atoms with van der Waals surface area (Å²) in [6.07, 6.45) is 2.86. The molecule has 0 aliphatic carbocycles. The van der Waals surface area contributed by atoms with E-state index in [9.17, 15) is 9.59 Å². The number of amides is 2. The van der Waals surface area contributed by atoms with Gasteiger partial charge in [-0.2, -0.15) is 0 Å². The van der Waals surface area contributed by atoms with Gasteiger partial charge in [0.05, 0.1) is 16.9 Å². The van der Waals surface area contributed by atoms with Crippen LogP contribution in [-0.2, 0) is 21.7 Å². The first-order valence-corrected chi connectivity index (χ1v) is 12.5. The Morgan fingerprint density at radius 2 is 1.63 bits per heavy atom. The first-order valence-electron chi connectivity index (χ1n) is 11.5. The smallest absolute Gasteiger partial charge is 0.410 e. The SMILES string of the molecule is CC(Cc1ccccc1)N(C)C(=O)OC(C)(C)C.O=CNc1ccc(SCc2ccccc2)nc1. The fourth-order valence-electron chi connectivity index (χ4n) is 2.96. The number of anilines is 1. The van der Waals surface area contributed by atoms with Gasteiger partial charge in [0.2, 0.25) is 6.41 Å². The molecule has 1 atom stereocenters. The molecule has 2 amide bonds. The molecular formula is C28H35N3O3S. The van der Waals surface area contributed by atoms with Gasteiger partial charge in [-0.05, 0) is 57.4 Å². The number of pyridine rings is 1. The molecule has 3 aromatic rings. The first kappa shape index (κ1) is 27.9. The van der Waals surface area contributed by atoms with E-state index in [1.54, 1.807) is 29.9 Å². The molecular weight excluding hydrogens is 458 g/mol. The summed E-state index contributed by atoms with van der Waals surface area (Å²) in [7, 11) is 1.78. The van der Waals surface area contributed by atoms with Crippen LogP contribution in [0.4, 0.5) is 10.5 Å². The van der Waals surface area contributed by atoms with Crippen molar-refractivity contribution in [3.05, 3.63) is 90.1 Å². The number of nitrogens with zero attached hydrogens (tertiary/aromatic N) is 2. The maximum absolute atomic E-state index is 11.9. The third-order valence-corrected chi connectivity index (χ3v) is 5.92. The second-order valence-corrected chi connectivity index (χ2v) is 10.0. The van der Waals surface area contributed by atoms with Gasteiger partial charge in [0.1, 0.15) is 5.60 Å². The monoisotopic (exact) mass is 493 g/mol. The zero-order valence-corrected chi connectivity index (χ0v) is 21.9. The summed E-state index contributed by atoms with van der Waals surface area (Å²) in [6.45, 7) is 7.65. The van der Waals surface area contributed by atoms with Crippen LogP contribution in [0.25, 0.3) is 0 Å². The molecule has 0 bridgehead atoms. The Bertz CT molecular complexity index is 1020. The summed E-state index contributed by atoms with van der Waals surface area (Å²) in [6, 6.07) is 24.3. The third kappa shape index (κ3) is 11.1. The predicted octanol–water partition coefficient (Wildman–Crippen LogP) is 6.43. The number of hydrogen-bond acceptors (Lipinski definition) is 5. The lowest BCUT2D eigenvalue weighted by molar-refractivity contribution is -0.105. The number of aromatic nitrogens is 1. The van der Waals surface area contributed by atoms with E-state index >= 15 is 0 Å². The fraction of sp³-hybridized carbons (Fsp3) is 0.321. The van der Waals surface area contributed by atoms with E-state index in [2.05, 4.69) is 34.6 Å². The Kier molecular flexibility index (Phi) is 11.3. The maximum atomic E-state index is 11.9. The lowest BCUT2D eigenvalue weighted by Gasteiger charge is -2.28. The van der Waals surface area contributed by atoms with Crippen molar-refractivity contribution in [2.24, 2.45) is 0 Å². The molecule has 2 aromatic carbocycles. The highest BCUT2D eigenvalue weighted by Crippen LogP contribution is 2.21. The number of carbonyl (C=O) groups is 2. The van der Waals surface area contributed by atoms with Crippen LogP contribution in [0, 0.1) is 0 Å². The van der Waals surface area contributed by atoms with Gasteiger partial charge >= 0.3 is 6.09 Å². The molecule has 0 saturated carbocycles. The molecule has 0 aliphatic rings. The third-order valence-electron chi connectivity index (χ3n) is 4.91. The van der Waals surface area contributed by atoms with E-state index in [1.165, 1.54) is 11.1 Å². The van der Waals surface area contributed by atoms with E-state index < -0.39 is 5.60 Å². The molecule has 186 valence electrons. The van der Waals surface area contributed by atoms with Crippen molar-refractivity contribution in [3.8, 4) is 0 Å². The van der Waals surface area contributed by atoms with E-state index in [4.69, 9.17) is 4.74 Å². The number of carbonyl (C=O) groups excluding carboxylic acids is 2. The molecule has 1 heterocycles. The topological polar surface area (TPSA) is 71.5 Å². The minimum atomic E-state index is -0.447. The fourth-order valence-corrected chi connectivity index (χ4v) is 3.76. The molecule has 6 nitrogen and oxygen atoms in total. The summed E-state index contributed by atoms with van der Waals surface area (Å²) in [5.74, 6) is 0.897. The minimum Gasteiger partial charge on any atom is -0.444 e. The Morgan fingerprint density at radius 1 is 1.03 bits per heavy atom. The van der Waals surface area contributed by atoms with Gasteiger partial charge in [0.15, 0.2) is 0 Å². The molecule has 0 aliphatic heterocycles. The Hall–Kier alpha value is -3.32. The van der Waals surface area contributed by atoms with Crippen molar-refractivity contribution in [2.75, 3.05) is 12.4 Å². The number of likely N-dealkylation sites (N-methyl/N-ethyl adjacent to an activating group) is 1. The molecule has 0 radical (unpaired) electrons. The second kappa shape index (κ2) is 14.2. The second-order valence-electron chi connectivity index (χ2n) is 9.05. The molecule has 0 fully saturated rings. The van der Waals surface area contributed by atoms with E-state index in [0.717, 1.165) is 17.2 Å². The lowest BCUT2D eigenvalue weighted by atomic mass is 10.1. The van der Waals surface area contributed by atoms with Crippen LogP contribution >= 0.6 is 11.8 Å². The Balaban J connectivity index is 0.000000247. The number of benzene rings is 2. The molecule has 35 heavy (non-hydrogen) atoms. The molecule has 1 aromatic heterocycles. The van der Waals surface area contributed by atoms with Crippen LogP contribution in [0.5, 0.6) is 0 Å². The zero-order valence-electron chi connectivity index (χ0n) is 21.1. The minimum absolute atomic E-state index is 0.113. The van der Waals surface area contributed by atoms with Crippen molar-refractivity contribution in [3.63, 3.8) is 0 Å². The highest BCUT2D eigenvalue weighted by atomic mass is 32.2. The molecule has 0 saturated heterocycles. The summed E-state index contributed by atoms with van der Waals surface area (Å²) in [4.78, 5) is 28.0. The molecule has 1 N–H and O–H groups in total. The van der Waals surface area contributed by atoms with Crippen LogP contribution in [0.1, 0.15) is 38.8 Å². The van der Waals surface area contributed by atoms with Crippen molar-refractivity contribution in [1.82, 2.24) is 9.88 Å². The maximum Gasteiger partial charge on any atom is 0.410 e. The lowest BCUT2D eigenvalue weighted by Crippen LogP contribution is -2.40. The van der Waals surface area contributed by atoms with Crippen molar-refractivity contribution in [2.45, 2.75) is 56.5 Å². The van der Waals surface area contributed by atoms with E-state index in [0.29, 0.717) is 12.1 Å².